The summed E-state index contributed by atoms with van der Waals surface area (Å²) < 4.78 is 17.8. The number of ether oxygens (including phenoxy) is 3. The van der Waals surface area contributed by atoms with Gasteiger partial charge in [-0.25, -0.2) is 4.98 Å². The number of fused-ring (bicyclic) bond motifs is 2. The predicted octanol–water partition coefficient (Wildman–Crippen LogP) is 4.71. The van der Waals surface area contributed by atoms with Gasteiger partial charge in [0.2, 0.25) is 0 Å². The molecule has 5 rings (SSSR count). The van der Waals surface area contributed by atoms with Gasteiger partial charge in [-0.2, -0.15) is 0 Å². The van der Waals surface area contributed by atoms with Crippen molar-refractivity contribution >= 4 is 32.6 Å². The summed E-state index contributed by atoms with van der Waals surface area (Å²) in [7, 11) is 0. The fourth-order valence-corrected chi connectivity index (χ4v) is 4.47. The number of amides is 1. The van der Waals surface area contributed by atoms with E-state index in [-0.39, 0.29) is 5.91 Å². The first kappa shape index (κ1) is 20.3. The van der Waals surface area contributed by atoms with Crippen molar-refractivity contribution in [3.63, 3.8) is 0 Å². The lowest BCUT2D eigenvalue weighted by Crippen LogP contribution is -2.31. The van der Waals surface area contributed by atoms with E-state index in [1.165, 1.54) is 11.3 Å². The van der Waals surface area contributed by atoms with Gasteiger partial charge >= 0.3 is 0 Å². The Morgan fingerprint density at radius 3 is 2.78 bits per heavy atom. The summed E-state index contributed by atoms with van der Waals surface area (Å²) in [5, 5.41) is 0.596. The van der Waals surface area contributed by atoms with E-state index < -0.39 is 0 Å². The molecule has 1 aliphatic heterocycles. The summed E-state index contributed by atoms with van der Waals surface area (Å²) >= 11 is 1.45. The fourth-order valence-electron chi connectivity index (χ4n) is 3.48. The first-order valence-electron chi connectivity index (χ1n) is 10.4. The Bertz CT molecular complexity index is 1260. The summed E-state index contributed by atoms with van der Waals surface area (Å²) in [6.07, 6.45) is 1.72. The average Bonchev–Trinajstić information content (AvgIpc) is 3.26. The molecule has 0 saturated heterocycles. The Hall–Kier alpha value is -3.65. The first-order valence-corrected chi connectivity index (χ1v) is 11.2. The molecule has 0 N–H and O–H groups in total. The third-order valence-electron chi connectivity index (χ3n) is 4.97. The maximum absolute atomic E-state index is 13.6. The quantitative estimate of drug-likeness (QED) is 0.426. The van der Waals surface area contributed by atoms with E-state index >= 15 is 0 Å². The number of pyridine rings is 1. The van der Waals surface area contributed by atoms with Crippen LogP contribution in [0.1, 0.15) is 23.0 Å². The number of anilines is 1. The number of hydrogen-bond acceptors (Lipinski definition) is 7. The van der Waals surface area contributed by atoms with Crippen molar-refractivity contribution in [3.05, 3.63) is 72.1 Å². The number of rotatable bonds is 6. The highest BCUT2D eigenvalue weighted by atomic mass is 32.1. The third-order valence-corrected chi connectivity index (χ3v) is 6.01. The van der Waals surface area contributed by atoms with E-state index in [9.17, 15) is 4.79 Å². The second kappa shape index (κ2) is 8.84. The van der Waals surface area contributed by atoms with E-state index in [1.807, 2.05) is 43.3 Å². The van der Waals surface area contributed by atoms with Crippen LogP contribution in [0.15, 0.2) is 60.8 Å². The molecule has 2 aromatic carbocycles. The second-order valence-corrected chi connectivity index (χ2v) is 8.14. The molecule has 162 valence electrons. The van der Waals surface area contributed by atoms with Crippen molar-refractivity contribution in [1.82, 2.24) is 9.97 Å². The number of nitrogens with zero attached hydrogens (tertiary/aromatic N) is 3. The normalized spacial score (nSPS) is 12.5. The SMILES string of the molecule is CCOc1ccc2nc(N(Cc3ccccn3)C(=O)c3ccc4c(c3)OCCO4)sc2c1. The van der Waals surface area contributed by atoms with E-state index in [1.54, 1.807) is 29.3 Å². The van der Waals surface area contributed by atoms with E-state index in [2.05, 4.69) is 4.98 Å². The predicted molar refractivity (Wildman–Crippen MR) is 123 cm³/mol. The van der Waals surface area contributed by atoms with Crippen LogP contribution >= 0.6 is 11.3 Å². The highest BCUT2D eigenvalue weighted by Gasteiger charge is 2.24. The number of benzene rings is 2. The van der Waals surface area contributed by atoms with Gasteiger partial charge in [-0.1, -0.05) is 17.4 Å². The Morgan fingerprint density at radius 2 is 1.97 bits per heavy atom. The van der Waals surface area contributed by atoms with E-state index in [4.69, 9.17) is 19.2 Å². The monoisotopic (exact) mass is 447 g/mol. The van der Waals surface area contributed by atoms with Crippen molar-refractivity contribution < 1.29 is 19.0 Å². The molecule has 3 heterocycles. The van der Waals surface area contributed by atoms with Crippen molar-refractivity contribution in [2.24, 2.45) is 0 Å². The Kier molecular flexibility index (Phi) is 5.60. The van der Waals surface area contributed by atoms with Crippen LogP contribution < -0.4 is 19.1 Å². The minimum atomic E-state index is -0.184. The zero-order valence-corrected chi connectivity index (χ0v) is 18.3. The third kappa shape index (κ3) is 4.09. The van der Waals surface area contributed by atoms with Crippen molar-refractivity contribution in [2.45, 2.75) is 13.5 Å². The van der Waals surface area contributed by atoms with Crippen LogP contribution in [0.3, 0.4) is 0 Å². The number of carbonyl (C=O) groups is 1. The van der Waals surface area contributed by atoms with Crippen LogP contribution in [0.2, 0.25) is 0 Å². The summed E-state index contributed by atoms with van der Waals surface area (Å²) in [4.78, 5) is 24.4. The van der Waals surface area contributed by atoms with Crippen LogP contribution in [0.5, 0.6) is 17.2 Å². The van der Waals surface area contributed by atoms with Gasteiger partial charge in [0, 0.05) is 11.8 Å². The molecule has 8 heteroatoms. The van der Waals surface area contributed by atoms with E-state index in [0.717, 1.165) is 21.7 Å². The van der Waals surface area contributed by atoms with Crippen LogP contribution in [-0.2, 0) is 6.54 Å². The first-order chi connectivity index (χ1) is 15.7. The van der Waals surface area contributed by atoms with Crippen molar-refractivity contribution in [2.75, 3.05) is 24.7 Å². The van der Waals surface area contributed by atoms with Gasteiger partial charge < -0.3 is 14.2 Å². The standard InChI is InChI=1S/C24H21N3O4S/c1-2-29-18-7-8-19-22(14-18)32-24(26-19)27(15-17-5-3-4-10-25-17)23(28)16-6-9-20-21(13-16)31-12-11-30-20/h3-10,13-14H,2,11-12,15H2,1H3. The molecule has 32 heavy (non-hydrogen) atoms. The van der Waals surface area contributed by atoms with Crippen molar-refractivity contribution in [3.8, 4) is 17.2 Å². The molecule has 0 saturated carbocycles. The topological polar surface area (TPSA) is 73.8 Å². The lowest BCUT2D eigenvalue weighted by Gasteiger charge is -2.22. The Morgan fingerprint density at radius 1 is 1.09 bits per heavy atom. The number of aromatic nitrogens is 2. The molecule has 0 atom stereocenters. The number of thiazole rings is 1. The maximum atomic E-state index is 13.6. The van der Waals surface area contributed by atoms with E-state index in [0.29, 0.717) is 48.6 Å². The Labute approximate surface area is 189 Å². The molecular weight excluding hydrogens is 426 g/mol. The summed E-state index contributed by atoms with van der Waals surface area (Å²) in [5.74, 6) is 1.82. The lowest BCUT2D eigenvalue weighted by atomic mass is 10.1. The molecular formula is C24H21N3O4S. The zero-order valence-electron chi connectivity index (χ0n) is 17.5. The molecule has 1 amide bonds. The minimum absolute atomic E-state index is 0.184. The molecule has 0 radical (unpaired) electrons. The van der Waals surface area contributed by atoms with Crippen LogP contribution in [0, 0.1) is 0 Å². The van der Waals surface area contributed by atoms with Gasteiger partial charge in [-0.3, -0.25) is 14.7 Å². The van der Waals surface area contributed by atoms with Gasteiger partial charge in [0.05, 0.1) is 29.1 Å². The summed E-state index contributed by atoms with van der Waals surface area (Å²) in [6, 6.07) is 16.6. The average molecular weight is 448 g/mol. The Balaban J connectivity index is 1.53. The minimum Gasteiger partial charge on any atom is -0.494 e. The second-order valence-electron chi connectivity index (χ2n) is 7.13. The highest BCUT2D eigenvalue weighted by Crippen LogP contribution is 2.35. The fraction of sp³-hybridized carbons (Fsp3) is 0.208. The van der Waals surface area contributed by atoms with Gasteiger partial charge in [-0.15, -0.1) is 0 Å². The molecule has 0 bridgehead atoms. The molecule has 0 aliphatic carbocycles. The molecule has 4 aromatic rings. The smallest absolute Gasteiger partial charge is 0.260 e. The van der Waals surface area contributed by atoms with Gasteiger partial charge in [0.1, 0.15) is 19.0 Å². The molecule has 0 spiro atoms. The van der Waals surface area contributed by atoms with Crippen LogP contribution in [-0.4, -0.2) is 35.7 Å². The van der Waals surface area contributed by atoms with Gasteiger partial charge in [-0.05, 0) is 55.5 Å². The molecule has 2 aromatic heterocycles. The number of hydrogen-bond donors (Lipinski definition) is 0. The molecule has 1 aliphatic rings. The largest absolute Gasteiger partial charge is 0.494 e. The maximum Gasteiger partial charge on any atom is 0.260 e. The van der Waals surface area contributed by atoms with Crippen molar-refractivity contribution in [1.29, 1.82) is 0 Å². The molecule has 0 fully saturated rings. The highest BCUT2D eigenvalue weighted by molar-refractivity contribution is 7.22. The summed E-state index contributed by atoms with van der Waals surface area (Å²) in [6.45, 7) is 3.80. The summed E-state index contributed by atoms with van der Waals surface area (Å²) in [5.41, 5.74) is 2.08. The lowest BCUT2D eigenvalue weighted by molar-refractivity contribution is 0.0983. The molecule has 0 unspecified atom stereocenters. The van der Waals surface area contributed by atoms with Gasteiger partial charge in [0.25, 0.3) is 5.91 Å². The zero-order chi connectivity index (χ0) is 21.9. The van der Waals surface area contributed by atoms with Crippen LogP contribution in [0.4, 0.5) is 5.13 Å². The molecule has 7 nitrogen and oxygen atoms in total. The van der Waals surface area contributed by atoms with Gasteiger partial charge in [0.15, 0.2) is 16.6 Å². The van der Waals surface area contributed by atoms with Crippen LogP contribution in [0.25, 0.3) is 10.2 Å². The number of carbonyl (C=O) groups excluding carboxylic acids is 1.